The minimum Gasteiger partial charge on any atom is -0.365 e. The van der Waals surface area contributed by atoms with Crippen molar-refractivity contribution in [1.82, 2.24) is 10.2 Å². The predicted octanol–water partition coefficient (Wildman–Crippen LogP) is 0.915. The van der Waals surface area contributed by atoms with Crippen LogP contribution in [0.5, 0.6) is 0 Å². The fourth-order valence-corrected chi connectivity index (χ4v) is 0.747. The molecule has 0 spiro atoms. The Balaban J connectivity index is 2.95. The Kier molecular flexibility index (Phi) is 7.15. The second-order valence-electron chi connectivity index (χ2n) is 2.71. The van der Waals surface area contributed by atoms with Gasteiger partial charge in [0.25, 0.3) is 0 Å². The van der Waals surface area contributed by atoms with Crippen molar-refractivity contribution >= 4 is 6.34 Å². The van der Waals surface area contributed by atoms with Crippen molar-refractivity contribution in [2.24, 2.45) is 0 Å². The van der Waals surface area contributed by atoms with Gasteiger partial charge in [-0.25, -0.2) is 0 Å². The summed E-state index contributed by atoms with van der Waals surface area (Å²) < 4.78 is 0. The van der Waals surface area contributed by atoms with Crippen LogP contribution in [-0.2, 0) is 0 Å². The molecule has 11 heavy (non-hydrogen) atoms. The third-order valence-corrected chi connectivity index (χ3v) is 1.57. The SMILES string of the molecule is CCCCNCCN(C)C=N. The van der Waals surface area contributed by atoms with Crippen molar-refractivity contribution in [3.05, 3.63) is 0 Å². The maximum atomic E-state index is 6.90. The zero-order valence-electron chi connectivity index (χ0n) is 7.56. The summed E-state index contributed by atoms with van der Waals surface area (Å²) in [4.78, 5) is 1.86. The monoisotopic (exact) mass is 157 g/mol. The van der Waals surface area contributed by atoms with Gasteiger partial charge in [0.15, 0.2) is 0 Å². The molecule has 0 unspecified atom stereocenters. The highest BCUT2D eigenvalue weighted by molar-refractivity contribution is 5.49. The molecule has 0 heterocycles. The van der Waals surface area contributed by atoms with E-state index in [-0.39, 0.29) is 0 Å². The quantitative estimate of drug-likeness (QED) is 0.327. The van der Waals surface area contributed by atoms with E-state index in [1.807, 2.05) is 11.9 Å². The van der Waals surface area contributed by atoms with Crippen molar-refractivity contribution in [2.75, 3.05) is 26.7 Å². The first-order valence-corrected chi connectivity index (χ1v) is 4.22. The lowest BCUT2D eigenvalue weighted by molar-refractivity contribution is 0.488. The third-order valence-electron chi connectivity index (χ3n) is 1.57. The van der Waals surface area contributed by atoms with Crippen LogP contribution < -0.4 is 5.32 Å². The van der Waals surface area contributed by atoms with Crippen LogP contribution in [0.3, 0.4) is 0 Å². The molecule has 3 nitrogen and oxygen atoms in total. The molecule has 0 saturated carbocycles. The Bertz CT molecular complexity index is 93.3. The molecule has 0 saturated heterocycles. The maximum Gasteiger partial charge on any atom is 0.0815 e. The van der Waals surface area contributed by atoms with E-state index in [2.05, 4.69) is 12.2 Å². The summed E-state index contributed by atoms with van der Waals surface area (Å²) in [5.41, 5.74) is 0. The third kappa shape index (κ3) is 7.33. The summed E-state index contributed by atoms with van der Waals surface area (Å²) in [5, 5.41) is 10.2. The maximum absolute atomic E-state index is 6.90. The molecule has 0 atom stereocenters. The zero-order valence-corrected chi connectivity index (χ0v) is 7.56. The van der Waals surface area contributed by atoms with Crippen LogP contribution in [0, 0.1) is 5.41 Å². The van der Waals surface area contributed by atoms with Crippen LogP contribution in [0.2, 0.25) is 0 Å². The topological polar surface area (TPSA) is 39.1 Å². The molecule has 3 heteroatoms. The van der Waals surface area contributed by atoms with Crippen molar-refractivity contribution < 1.29 is 0 Å². The van der Waals surface area contributed by atoms with Crippen LogP contribution in [-0.4, -0.2) is 37.9 Å². The fraction of sp³-hybridized carbons (Fsp3) is 0.875. The van der Waals surface area contributed by atoms with Crippen LogP contribution in [0.25, 0.3) is 0 Å². The molecule has 0 radical (unpaired) electrons. The first-order valence-electron chi connectivity index (χ1n) is 4.22. The number of hydrogen-bond acceptors (Lipinski definition) is 2. The van der Waals surface area contributed by atoms with Crippen LogP contribution in [0.15, 0.2) is 0 Å². The van der Waals surface area contributed by atoms with E-state index in [0.29, 0.717) is 0 Å². The van der Waals surface area contributed by atoms with Gasteiger partial charge in [-0.15, -0.1) is 0 Å². The minimum atomic E-state index is 0.924. The number of nitrogens with one attached hydrogen (secondary N) is 2. The largest absolute Gasteiger partial charge is 0.365 e. The first-order chi connectivity index (χ1) is 5.31. The summed E-state index contributed by atoms with van der Waals surface area (Å²) in [6.07, 6.45) is 3.84. The predicted molar refractivity (Wildman–Crippen MR) is 49.2 cm³/mol. The van der Waals surface area contributed by atoms with Crippen molar-refractivity contribution in [2.45, 2.75) is 19.8 Å². The average molecular weight is 157 g/mol. The van der Waals surface area contributed by atoms with E-state index in [1.165, 1.54) is 19.2 Å². The molecule has 0 aliphatic heterocycles. The van der Waals surface area contributed by atoms with Crippen LogP contribution in [0.1, 0.15) is 19.8 Å². The Morgan fingerprint density at radius 3 is 2.73 bits per heavy atom. The summed E-state index contributed by atoms with van der Waals surface area (Å²) >= 11 is 0. The molecule has 0 aliphatic carbocycles. The van der Waals surface area contributed by atoms with Gasteiger partial charge in [0.2, 0.25) is 0 Å². The normalized spacial score (nSPS) is 9.64. The fourth-order valence-electron chi connectivity index (χ4n) is 0.747. The van der Waals surface area contributed by atoms with Gasteiger partial charge >= 0.3 is 0 Å². The summed E-state index contributed by atoms with van der Waals surface area (Å²) in [7, 11) is 1.91. The lowest BCUT2D eigenvalue weighted by atomic mass is 10.3. The second-order valence-corrected chi connectivity index (χ2v) is 2.71. The van der Waals surface area contributed by atoms with E-state index in [1.54, 1.807) is 0 Å². The number of likely N-dealkylation sites (N-methyl/N-ethyl adjacent to an activating group) is 1. The highest BCUT2D eigenvalue weighted by atomic mass is 15.1. The summed E-state index contributed by atoms with van der Waals surface area (Å²) in [6.45, 7) is 5.19. The summed E-state index contributed by atoms with van der Waals surface area (Å²) in [5.74, 6) is 0. The van der Waals surface area contributed by atoms with E-state index in [4.69, 9.17) is 5.41 Å². The molecule has 0 aliphatic rings. The molecular formula is C8H19N3. The number of rotatable bonds is 7. The molecule has 0 amide bonds. The molecule has 2 N–H and O–H groups in total. The molecule has 0 fully saturated rings. The molecule has 0 bridgehead atoms. The summed E-state index contributed by atoms with van der Waals surface area (Å²) in [6, 6.07) is 0. The van der Waals surface area contributed by atoms with E-state index in [9.17, 15) is 0 Å². The molecule has 0 aromatic carbocycles. The Labute approximate surface area is 69.3 Å². The van der Waals surface area contributed by atoms with Gasteiger partial charge in [0, 0.05) is 20.1 Å². The van der Waals surface area contributed by atoms with Gasteiger partial charge in [0.05, 0.1) is 6.34 Å². The molecular weight excluding hydrogens is 138 g/mol. The van der Waals surface area contributed by atoms with Crippen molar-refractivity contribution in [1.29, 1.82) is 5.41 Å². The number of unbranched alkanes of at least 4 members (excludes halogenated alkanes) is 1. The number of nitrogens with zero attached hydrogens (tertiary/aromatic N) is 1. The lowest BCUT2D eigenvalue weighted by Gasteiger charge is -2.11. The molecule has 0 aromatic rings. The average Bonchev–Trinajstić information content (AvgIpc) is 2.04. The van der Waals surface area contributed by atoms with Gasteiger partial charge in [-0.1, -0.05) is 13.3 Å². The smallest absolute Gasteiger partial charge is 0.0815 e. The first kappa shape index (κ1) is 10.4. The van der Waals surface area contributed by atoms with Gasteiger partial charge in [-0.05, 0) is 13.0 Å². The van der Waals surface area contributed by atoms with E-state index in [0.717, 1.165) is 19.6 Å². The zero-order chi connectivity index (χ0) is 8.53. The molecule has 0 aromatic heterocycles. The van der Waals surface area contributed by atoms with Crippen LogP contribution in [0.4, 0.5) is 0 Å². The van der Waals surface area contributed by atoms with Crippen LogP contribution >= 0.6 is 0 Å². The minimum absolute atomic E-state index is 0.924. The van der Waals surface area contributed by atoms with Crippen molar-refractivity contribution in [3.8, 4) is 0 Å². The lowest BCUT2D eigenvalue weighted by Crippen LogP contribution is -2.28. The van der Waals surface area contributed by atoms with E-state index < -0.39 is 0 Å². The standard InChI is InChI=1S/C8H19N3/c1-3-4-5-10-6-7-11(2)8-9/h8-10H,3-7H2,1-2H3. The number of hydrogen-bond donors (Lipinski definition) is 2. The highest BCUT2D eigenvalue weighted by Gasteiger charge is 1.89. The second kappa shape index (κ2) is 7.54. The molecule has 0 rings (SSSR count). The van der Waals surface area contributed by atoms with Gasteiger partial charge in [0.1, 0.15) is 0 Å². The van der Waals surface area contributed by atoms with E-state index >= 15 is 0 Å². The molecule has 66 valence electrons. The Morgan fingerprint density at radius 2 is 2.18 bits per heavy atom. The van der Waals surface area contributed by atoms with Gasteiger partial charge in [-0.2, -0.15) is 0 Å². The Morgan fingerprint density at radius 1 is 1.45 bits per heavy atom. The Hall–Kier alpha value is -0.570. The highest BCUT2D eigenvalue weighted by Crippen LogP contribution is 1.81. The van der Waals surface area contributed by atoms with Crippen molar-refractivity contribution in [3.63, 3.8) is 0 Å². The van der Waals surface area contributed by atoms with Gasteiger partial charge < -0.3 is 10.2 Å². The van der Waals surface area contributed by atoms with Gasteiger partial charge in [-0.3, -0.25) is 5.41 Å².